The lowest BCUT2D eigenvalue weighted by atomic mass is 9.74. The first-order valence-electron chi connectivity index (χ1n) is 6.28. The lowest BCUT2D eigenvalue weighted by molar-refractivity contribution is 0.342. The maximum atomic E-state index is 12.5. The van der Waals surface area contributed by atoms with Gasteiger partial charge >= 0.3 is 0 Å². The van der Waals surface area contributed by atoms with Gasteiger partial charge in [-0.15, -0.1) is 0 Å². The number of ether oxygens (including phenoxy) is 1. The second-order valence-electron chi connectivity index (χ2n) is 4.41. The van der Waals surface area contributed by atoms with Gasteiger partial charge in [0.15, 0.2) is 7.28 Å². The summed E-state index contributed by atoms with van der Waals surface area (Å²) in [7, 11) is -2.55. The molecule has 0 aromatic heterocycles. The van der Waals surface area contributed by atoms with Crippen LogP contribution in [0.15, 0.2) is 29.2 Å². The predicted octanol–water partition coefficient (Wildman–Crippen LogP) is 0.206. The zero-order chi connectivity index (χ0) is 13.2. The molecule has 0 bridgehead atoms. The number of nitrogens with zero attached hydrogens (tertiary/aromatic N) is 1. The first-order valence-corrected chi connectivity index (χ1v) is 7.72. The molecule has 1 heterocycles. The third-order valence-electron chi connectivity index (χ3n) is 3.11. The summed E-state index contributed by atoms with van der Waals surface area (Å²) < 4.78 is 31.5. The molecule has 6 heteroatoms. The number of rotatable bonds is 6. The molecule has 1 saturated heterocycles. The fraction of sp³-hybridized carbons (Fsp3) is 0.500. The number of hydrogen-bond acceptors (Lipinski definition) is 3. The van der Waals surface area contributed by atoms with Gasteiger partial charge in [-0.2, -0.15) is 4.31 Å². The summed E-state index contributed by atoms with van der Waals surface area (Å²) in [5.74, 6) is 0. The Morgan fingerprint density at radius 2 is 2.22 bits per heavy atom. The molecular formula is C12H18BNO3S. The van der Waals surface area contributed by atoms with E-state index in [-0.39, 0.29) is 6.10 Å². The van der Waals surface area contributed by atoms with Crippen molar-refractivity contribution in [3.05, 3.63) is 24.3 Å². The molecular weight excluding hydrogens is 249 g/mol. The van der Waals surface area contributed by atoms with E-state index in [0.717, 1.165) is 12.7 Å². The molecule has 1 fully saturated rings. The zero-order valence-electron chi connectivity index (χ0n) is 10.8. The molecule has 1 aromatic carbocycles. The SMILES string of the molecule is CBc1cccc(S(=O)(=O)N(CC)C[C@H]2CO2)c1. The van der Waals surface area contributed by atoms with Crippen LogP contribution < -0.4 is 5.46 Å². The molecule has 0 aliphatic carbocycles. The highest BCUT2D eigenvalue weighted by Crippen LogP contribution is 2.18. The fourth-order valence-corrected chi connectivity index (χ4v) is 3.42. The summed E-state index contributed by atoms with van der Waals surface area (Å²) in [6.45, 7) is 5.46. The molecule has 18 heavy (non-hydrogen) atoms. The number of epoxide rings is 1. The van der Waals surface area contributed by atoms with Crippen LogP contribution >= 0.6 is 0 Å². The molecule has 4 nitrogen and oxygen atoms in total. The normalized spacial score (nSPS) is 18.9. The molecule has 98 valence electrons. The molecule has 0 N–H and O–H groups in total. The molecule has 0 unspecified atom stereocenters. The van der Waals surface area contributed by atoms with Crippen molar-refractivity contribution in [2.75, 3.05) is 19.7 Å². The summed E-state index contributed by atoms with van der Waals surface area (Å²) in [6, 6.07) is 7.16. The van der Waals surface area contributed by atoms with Crippen molar-refractivity contribution in [3.8, 4) is 0 Å². The van der Waals surface area contributed by atoms with E-state index in [1.54, 1.807) is 18.2 Å². The van der Waals surface area contributed by atoms with Crippen LogP contribution in [0, 0.1) is 0 Å². The molecule has 1 atom stereocenters. The van der Waals surface area contributed by atoms with Gasteiger partial charge in [0, 0.05) is 13.1 Å². The van der Waals surface area contributed by atoms with Gasteiger partial charge in [0.05, 0.1) is 17.6 Å². The summed E-state index contributed by atoms with van der Waals surface area (Å²) in [5, 5.41) is 0. The summed E-state index contributed by atoms with van der Waals surface area (Å²) >= 11 is 0. The second-order valence-corrected chi connectivity index (χ2v) is 6.35. The minimum atomic E-state index is -3.39. The second kappa shape index (κ2) is 5.42. The highest BCUT2D eigenvalue weighted by atomic mass is 32.2. The molecule has 1 aliphatic rings. The highest BCUT2D eigenvalue weighted by molar-refractivity contribution is 7.89. The topological polar surface area (TPSA) is 49.9 Å². The van der Waals surface area contributed by atoms with Gasteiger partial charge in [0.1, 0.15) is 0 Å². The Morgan fingerprint density at radius 3 is 2.78 bits per heavy atom. The van der Waals surface area contributed by atoms with Gasteiger partial charge < -0.3 is 4.74 Å². The van der Waals surface area contributed by atoms with Crippen molar-refractivity contribution >= 4 is 22.8 Å². The first kappa shape index (κ1) is 13.6. The van der Waals surface area contributed by atoms with E-state index in [0.29, 0.717) is 24.6 Å². The number of benzene rings is 1. The smallest absolute Gasteiger partial charge is 0.243 e. The minimum absolute atomic E-state index is 0.0779. The number of likely N-dealkylation sites (N-methyl/N-ethyl adjacent to an activating group) is 1. The van der Waals surface area contributed by atoms with E-state index < -0.39 is 10.0 Å². The molecule has 2 rings (SSSR count). The summed E-state index contributed by atoms with van der Waals surface area (Å²) in [6.07, 6.45) is 0.0779. The van der Waals surface area contributed by atoms with Gasteiger partial charge in [0.2, 0.25) is 10.0 Å². The fourth-order valence-electron chi connectivity index (χ4n) is 1.87. The van der Waals surface area contributed by atoms with Gasteiger partial charge in [-0.3, -0.25) is 0 Å². The molecule has 0 radical (unpaired) electrons. The van der Waals surface area contributed by atoms with E-state index in [1.165, 1.54) is 4.31 Å². The Hall–Kier alpha value is -0.845. The molecule has 0 spiro atoms. The average Bonchev–Trinajstić information content (AvgIpc) is 3.19. The van der Waals surface area contributed by atoms with Gasteiger partial charge in [-0.05, 0) is 12.1 Å². The Kier molecular flexibility index (Phi) is 4.09. The van der Waals surface area contributed by atoms with Crippen molar-refractivity contribution < 1.29 is 13.2 Å². The van der Waals surface area contributed by atoms with Gasteiger partial charge in [-0.25, -0.2) is 8.42 Å². The van der Waals surface area contributed by atoms with Crippen LogP contribution in [0.25, 0.3) is 0 Å². The summed E-state index contributed by atoms with van der Waals surface area (Å²) in [5.41, 5.74) is 1.04. The largest absolute Gasteiger partial charge is 0.372 e. The lowest BCUT2D eigenvalue weighted by Gasteiger charge is -2.19. The van der Waals surface area contributed by atoms with Gasteiger partial charge in [0.25, 0.3) is 0 Å². The van der Waals surface area contributed by atoms with E-state index in [9.17, 15) is 8.42 Å². The van der Waals surface area contributed by atoms with E-state index >= 15 is 0 Å². The highest BCUT2D eigenvalue weighted by Gasteiger charge is 2.31. The van der Waals surface area contributed by atoms with E-state index in [1.807, 2.05) is 19.8 Å². The molecule has 0 saturated carbocycles. The quantitative estimate of drug-likeness (QED) is 0.546. The van der Waals surface area contributed by atoms with Crippen molar-refractivity contribution in [1.29, 1.82) is 0 Å². The maximum absolute atomic E-state index is 12.5. The van der Waals surface area contributed by atoms with E-state index in [4.69, 9.17) is 4.74 Å². The van der Waals surface area contributed by atoms with Crippen LogP contribution in [0.3, 0.4) is 0 Å². The van der Waals surface area contributed by atoms with E-state index in [2.05, 4.69) is 0 Å². The van der Waals surface area contributed by atoms with Crippen LogP contribution in [-0.2, 0) is 14.8 Å². The van der Waals surface area contributed by atoms with Crippen LogP contribution in [0.5, 0.6) is 0 Å². The Labute approximate surface area is 109 Å². The van der Waals surface area contributed by atoms with Crippen LogP contribution in [0.4, 0.5) is 0 Å². The van der Waals surface area contributed by atoms with Crippen molar-refractivity contribution in [2.24, 2.45) is 0 Å². The monoisotopic (exact) mass is 267 g/mol. The first-order chi connectivity index (χ1) is 8.57. The Bertz CT molecular complexity index is 514. The Balaban J connectivity index is 2.26. The third kappa shape index (κ3) is 2.94. The predicted molar refractivity (Wildman–Crippen MR) is 73.3 cm³/mol. The lowest BCUT2D eigenvalue weighted by Crippen LogP contribution is -2.34. The summed E-state index contributed by atoms with van der Waals surface area (Å²) in [4.78, 5) is 0.379. The third-order valence-corrected chi connectivity index (χ3v) is 5.04. The average molecular weight is 267 g/mol. The van der Waals surface area contributed by atoms with Crippen LogP contribution in [-0.4, -0.2) is 45.8 Å². The minimum Gasteiger partial charge on any atom is -0.372 e. The molecule has 1 aromatic rings. The van der Waals surface area contributed by atoms with Crippen molar-refractivity contribution in [1.82, 2.24) is 4.31 Å². The molecule has 0 amide bonds. The number of hydrogen-bond donors (Lipinski definition) is 0. The number of sulfonamides is 1. The molecule has 1 aliphatic heterocycles. The maximum Gasteiger partial charge on any atom is 0.243 e. The van der Waals surface area contributed by atoms with Gasteiger partial charge in [-0.1, -0.05) is 31.3 Å². The van der Waals surface area contributed by atoms with Crippen molar-refractivity contribution in [3.63, 3.8) is 0 Å². The Morgan fingerprint density at radius 1 is 1.50 bits per heavy atom. The van der Waals surface area contributed by atoms with Crippen LogP contribution in [0.2, 0.25) is 6.82 Å². The zero-order valence-corrected chi connectivity index (χ0v) is 11.6. The van der Waals surface area contributed by atoms with Crippen molar-refractivity contribution in [2.45, 2.75) is 24.7 Å². The van der Waals surface area contributed by atoms with Crippen LogP contribution in [0.1, 0.15) is 6.92 Å². The standard InChI is InChI=1S/C12H18BNO3S/c1-3-14(8-11-9-17-11)18(15,16)12-6-4-5-10(7-12)13-2/h4-7,11,13H,3,8-9H2,1-2H3/t11-/m0/s1.